The van der Waals surface area contributed by atoms with E-state index < -0.39 is 10.0 Å². The SMILES string of the molecule is Cc1c(C)c(C)c(S(=O)(=O)Nc2ncn(Cc3cccc(Cl)c3)n2)c(C)c1C. The molecule has 0 amide bonds. The number of anilines is 1. The Labute approximate surface area is 170 Å². The second kappa shape index (κ2) is 7.56. The van der Waals surface area contributed by atoms with Crippen molar-refractivity contribution in [3.63, 3.8) is 0 Å². The molecule has 1 aromatic heterocycles. The number of halogens is 1. The van der Waals surface area contributed by atoms with Crippen LogP contribution in [-0.4, -0.2) is 23.2 Å². The van der Waals surface area contributed by atoms with Gasteiger partial charge in [0.1, 0.15) is 6.33 Å². The van der Waals surface area contributed by atoms with Gasteiger partial charge in [0.25, 0.3) is 16.0 Å². The molecule has 0 saturated carbocycles. The zero-order valence-corrected chi connectivity index (χ0v) is 18.1. The van der Waals surface area contributed by atoms with E-state index in [1.165, 1.54) is 6.33 Å². The first kappa shape index (κ1) is 20.4. The third kappa shape index (κ3) is 3.91. The fourth-order valence-corrected chi connectivity index (χ4v) is 5.04. The van der Waals surface area contributed by atoms with Crippen LogP contribution in [0.4, 0.5) is 5.95 Å². The van der Waals surface area contributed by atoms with E-state index in [1.54, 1.807) is 10.7 Å². The molecule has 0 saturated heterocycles. The fourth-order valence-electron chi connectivity index (χ4n) is 3.28. The highest BCUT2D eigenvalue weighted by atomic mass is 35.5. The van der Waals surface area contributed by atoms with E-state index in [-0.39, 0.29) is 5.95 Å². The Morgan fingerprint density at radius 3 is 2.21 bits per heavy atom. The van der Waals surface area contributed by atoms with E-state index >= 15 is 0 Å². The number of hydrogen-bond acceptors (Lipinski definition) is 4. The molecule has 28 heavy (non-hydrogen) atoms. The van der Waals surface area contributed by atoms with Gasteiger partial charge in [0.15, 0.2) is 0 Å². The van der Waals surface area contributed by atoms with Gasteiger partial charge in [-0.1, -0.05) is 23.7 Å². The third-order valence-corrected chi connectivity index (χ3v) is 7.03. The quantitative estimate of drug-likeness (QED) is 0.669. The Kier molecular flexibility index (Phi) is 5.50. The maximum absolute atomic E-state index is 13.1. The average molecular weight is 419 g/mol. The normalized spacial score (nSPS) is 11.6. The lowest BCUT2D eigenvalue weighted by molar-refractivity contribution is 0.599. The van der Waals surface area contributed by atoms with Crippen LogP contribution in [0, 0.1) is 34.6 Å². The first-order valence-electron chi connectivity index (χ1n) is 8.84. The van der Waals surface area contributed by atoms with Crippen molar-refractivity contribution in [1.29, 1.82) is 0 Å². The van der Waals surface area contributed by atoms with Crippen LogP contribution in [0.2, 0.25) is 5.02 Å². The summed E-state index contributed by atoms with van der Waals surface area (Å²) in [6.07, 6.45) is 1.49. The van der Waals surface area contributed by atoms with Gasteiger partial charge in [-0.3, -0.25) is 0 Å². The second-order valence-corrected chi connectivity index (χ2v) is 9.01. The number of aromatic nitrogens is 3. The molecule has 0 atom stereocenters. The lowest BCUT2D eigenvalue weighted by Crippen LogP contribution is -2.18. The Morgan fingerprint density at radius 1 is 1.00 bits per heavy atom. The Morgan fingerprint density at radius 2 is 1.61 bits per heavy atom. The topological polar surface area (TPSA) is 76.9 Å². The largest absolute Gasteiger partial charge is 0.264 e. The first-order chi connectivity index (χ1) is 13.1. The van der Waals surface area contributed by atoms with Gasteiger partial charge < -0.3 is 0 Å². The van der Waals surface area contributed by atoms with Gasteiger partial charge >= 0.3 is 0 Å². The van der Waals surface area contributed by atoms with Gasteiger partial charge in [-0.2, -0.15) is 4.98 Å². The monoisotopic (exact) mass is 418 g/mol. The molecule has 3 aromatic rings. The van der Waals surface area contributed by atoms with Gasteiger partial charge in [0, 0.05) is 5.02 Å². The molecular formula is C20H23ClN4O2S. The standard InChI is InChI=1S/C20H23ClN4O2S/c1-12-13(2)15(4)19(16(5)14(12)3)28(26,27)24-20-22-11-25(23-20)10-17-7-6-8-18(21)9-17/h6-9,11H,10H2,1-5H3,(H,23,24). The number of benzene rings is 2. The van der Waals surface area contributed by atoms with Gasteiger partial charge in [-0.25, -0.2) is 17.8 Å². The second-order valence-electron chi connectivity index (χ2n) is 6.96. The summed E-state index contributed by atoms with van der Waals surface area (Å²) in [7, 11) is -3.81. The molecule has 0 aliphatic heterocycles. The highest BCUT2D eigenvalue weighted by Gasteiger charge is 2.24. The summed E-state index contributed by atoms with van der Waals surface area (Å²) in [5, 5.41) is 4.87. The molecule has 0 unspecified atom stereocenters. The van der Waals surface area contributed by atoms with Crippen molar-refractivity contribution in [2.45, 2.75) is 46.1 Å². The summed E-state index contributed by atoms with van der Waals surface area (Å²) >= 11 is 6.00. The van der Waals surface area contributed by atoms with E-state index in [0.717, 1.165) is 33.4 Å². The van der Waals surface area contributed by atoms with Crippen molar-refractivity contribution in [2.24, 2.45) is 0 Å². The highest BCUT2D eigenvalue weighted by molar-refractivity contribution is 7.92. The van der Waals surface area contributed by atoms with E-state index in [2.05, 4.69) is 14.8 Å². The Balaban J connectivity index is 1.89. The predicted molar refractivity (Wildman–Crippen MR) is 112 cm³/mol. The van der Waals surface area contributed by atoms with Crippen molar-refractivity contribution in [1.82, 2.24) is 14.8 Å². The van der Waals surface area contributed by atoms with Gasteiger partial charge in [0.05, 0.1) is 11.4 Å². The molecule has 0 aliphatic rings. The van der Waals surface area contributed by atoms with E-state index in [0.29, 0.717) is 16.5 Å². The molecule has 1 N–H and O–H groups in total. The van der Waals surface area contributed by atoms with Crippen molar-refractivity contribution in [3.05, 3.63) is 69.0 Å². The number of rotatable bonds is 5. The molecule has 8 heteroatoms. The molecule has 2 aromatic carbocycles. The summed E-state index contributed by atoms with van der Waals surface area (Å²) in [5.41, 5.74) is 5.49. The average Bonchev–Trinajstić information content (AvgIpc) is 3.04. The summed E-state index contributed by atoms with van der Waals surface area (Å²) in [6, 6.07) is 7.40. The van der Waals surface area contributed by atoms with Gasteiger partial charge in [-0.15, -0.1) is 5.10 Å². The Hall–Kier alpha value is -2.38. The molecule has 6 nitrogen and oxygen atoms in total. The number of hydrogen-bond donors (Lipinski definition) is 1. The van der Waals surface area contributed by atoms with E-state index in [4.69, 9.17) is 11.6 Å². The van der Waals surface area contributed by atoms with Crippen molar-refractivity contribution in [2.75, 3.05) is 4.72 Å². The smallest absolute Gasteiger partial charge is 0.246 e. The molecule has 148 valence electrons. The minimum atomic E-state index is -3.81. The van der Waals surface area contributed by atoms with Crippen LogP contribution in [0.15, 0.2) is 35.5 Å². The zero-order valence-electron chi connectivity index (χ0n) is 16.5. The minimum Gasteiger partial charge on any atom is -0.246 e. The predicted octanol–water partition coefficient (Wildman–Crippen LogP) is 4.32. The van der Waals surface area contributed by atoms with E-state index in [9.17, 15) is 8.42 Å². The molecule has 0 bridgehead atoms. The lowest BCUT2D eigenvalue weighted by Gasteiger charge is -2.18. The molecule has 0 aliphatic carbocycles. The number of sulfonamides is 1. The van der Waals surface area contributed by atoms with Crippen LogP contribution in [0.5, 0.6) is 0 Å². The van der Waals surface area contributed by atoms with Crippen LogP contribution in [0.25, 0.3) is 0 Å². The molecular weight excluding hydrogens is 396 g/mol. The van der Waals surface area contributed by atoms with Gasteiger partial charge in [0.2, 0.25) is 0 Å². The fraction of sp³-hybridized carbons (Fsp3) is 0.300. The van der Waals surface area contributed by atoms with E-state index in [1.807, 2.05) is 52.8 Å². The summed E-state index contributed by atoms with van der Waals surface area (Å²) in [5.74, 6) is 0.0386. The number of nitrogens with zero attached hydrogens (tertiary/aromatic N) is 3. The van der Waals surface area contributed by atoms with Crippen molar-refractivity contribution < 1.29 is 8.42 Å². The summed E-state index contributed by atoms with van der Waals surface area (Å²) in [4.78, 5) is 4.39. The van der Waals surface area contributed by atoms with Gasteiger partial charge in [-0.05, 0) is 80.1 Å². The molecule has 0 spiro atoms. The van der Waals surface area contributed by atoms with Crippen LogP contribution in [0.1, 0.15) is 33.4 Å². The number of nitrogens with one attached hydrogen (secondary N) is 1. The van der Waals surface area contributed by atoms with Crippen molar-refractivity contribution >= 4 is 27.6 Å². The zero-order chi connectivity index (χ0) is 20.6. The molecule has 3 rings (SSSR count). The molecule has 1 heterocycles. The maximum Gasteiger partial charge on any atom is 0.264 e. The van der Waals surface area contributed by atoms with Crippen LogP contribution < -0.4 is 4.72 Å². The van der Waals surface area contributed by atoms with Crippen LogP contribution in [0.3, 0.4) is 0 Å². The Bertz CT molecular complexity index is 1120. The first-order valence-corrected chi connectivity index (χ1v) is 10.7. The van der Waals surface area contributed by atoms with Crippen LogP contribution in [-0.2, 0) is 16.6 Å². The molecule has 0 radical (unpaired) electrons. The lowest BCUT2D eigenvalue weighted by atomic mass is 9.95. The maximum atomic E-state index is 13.1. The third-order valence-electron chi connectivity index (χ3n) is 5.20. The highest BCUT2D eigenvalue weighted by Crippen LogP contribution is 2.30. The van der Waals surface area contributed by atoms with Crippen LogP contribution >= 0.6 is 11.6 Å². The summed E-state index contributed by atoms with van der Waals surface area (Å²) < 4.78 is 30.2. The minimum absolute atomic E-state index is 0.0386. The molecule has 0 fully saturated rings. The van der Waals surface area contributed by atoms with Crippen molar-refractivity contribution in [3.8, 4) is 0 Å². The summed E-state index contributed by atoms with van der Waals surface area (Å²) in [6.45, 7) is 9.98.